The molecule has 0 spiro atoms. The van der Waals surface area contributed by atoms with Gasteiger partial charge in [-0.05, 0) is 26.8 Å². The van der Waals surface area contributed by atoms with Gasteiger partial charge in [0.1, 0.15) is 17.1 Å². The third-order valence-corrected chi connectivity index (χ3v) is 3.34. The lowest BCUT2D eigenvalue weighted by atomic mass is 10.2. The van der Waals surface area contributed by atoms with Crippen LogP contribution in [0.3, 0.4) is 0 Å². The second-order valence-electron chi connectivity index (χ2n) is 4.25. The van der Waals surface area contributed by atoms with Gasteiger partial charge in [-0.25, -0.2) is 9.78 Å². The number of carbonyl (C=O) groups excluding carboxylic acids is 2. The summed E-state index contributed by atoms with van der Waals surface area (Å²) in [5, 5.41) is 4.86. The fraction of sp³-hybridized carbons (Fsp3) is 0.308. The predicted octanol–water partition coefficient (Wildman–Crippen LogP) is 2.46. The molecule has 0 aromatic carbocycles. The molecule has 0 bridgehead atoms. The van der Waals surface area contributed by atoms with Crippen molar-refractivity contribution in [2.75, 3.05) is 11.9 Å². The van der Waals surface area contributed by atoms with Crippen LogP contribution in [0.25, 0.3) is 0 Å². The quantitative estimate of drug-likeness (QED) is 0.876. The molecule has 2 aromatic heterocycles. The number of amides is 1. The Kier molecular flexibility index (Phi) is 4.19. The molecule has 2 aromatic rings. The highest BCUT2D eigenvalue weighted by atomic mass is 32.1. The first kappa shape index (κ1) is 14.3. The summed E-state index contributed by atoms with van der Waals surface area (Å²) < 4.78 is 10.2. The number of nitrogens with zero attached hydrogens (tertiary/aromatic N) is 1. The van der Waals surface area contributed by atoms with Gasteiger partial charge in [-0.1, -0.05) is 0 Å². The zero-order valence-electron chi connectivity index (χ0n) is 11.4. The van der Waals surface area contributed by atoms with Crippen LogP contribution in [0.1, 0.15) is 27.6 Å². The summed E-state index contributed by atoms with van der Waals surface area (Å²) in [6, 6.07) is 1.58. The van der Waals surface area contributed by atoms with E-state index in [1.807, 2.05) is 12.3 Å². The van der Waals surface area contributed by atoms with Crippen LogP contribution in [0.2, 0.25) is 0 Å². The van der Waals surface area contributed by atoms with Gasteiger partial charge in [0.05, 0.1) is 5.69 Å². The molecule has 106 valence electrons. The van der Waals surface area contributed by atoms with Crippen LogP contribution in [0, 0.1) is 20.8 Å². The first-order valence-corrected chi connectivity index (χ1v) is 6.80. The van der Waals surface area contributed by atoms with E-state index in [9.17, 15) is 9.59 Å². The van der Waals surface area contributed by atoms with Crippen molar-refractivity contribution in [3.63, 3.8) is 0 Å². The fourth-order valence-electron chi connectivity index (χ4n) is 1.61. The number of esters is 1. The van der Waals surface area contributed by atoms with Crippen LogP contribution in [-0.2, 0) is 9.53 Å². The molecule has 7 heteroatoms. The van der Waals surface area contributed by atoms with E-state index in [1.165, 1.54) is 11.3 Å². The molecule has 0 saturated heterocycles. The molecule has 6 nitrogen and oxygen atoms in total. The minimum atomic E-state index is -0.579. The van der Waals surface area contributed by atoms with E-state index in [-0.39, 0.29) is 6.61 Å². The van der Waals surface area contributed by atoms with E-state index in [1.54, 1.807) is 19.9 Å². The normalized spacial score (nSPS) is 10.3. The molecule has 0 saturated carbocycles. The molecule has 0 unspecified atom stereocenters. The van der Waals surface area contributed by atoms with Crippen molar-refractivity contribution in [1.29, 1.82) is 0 Å². The Balaban J connectivity index is 1.87. The highest BCUT2D eigenvalue weighted by molar-refractivity contribution is 7.13. The first-order chi connectivity index (χ1) is 9.45. The maximum Gasteiger partial charge on any atom is 0.342 e. The van der Waals surface area contributed by atoms with Crippen molar-refractivity contribution in [2.24, 2.45) is 0 Å². The standard InChI is InChI=1S/C13H14N2O4S/c1-7-6-20-13(14-7)15-11(16)5-18-12(17)10-4-8(2)19-9(10)3/h4,6H,5H2,1-3H3,(H,14,15,16). The van der Waals surface area contributed by atoms with E-state index in [2.05, 4.69) is 10.3 Å². The fourth-order valence-corrected chi connectivity index (χ4v) is 2.31. The van der Waals surface area contributed by atoms with Gasteiger partial charge in [0.2, 0.25) is 0 Å². The number of aromatic nitrogens is 1. The van der Waals surface area contributed by atoms with Crippen LogP contribution in [-0.4, -0.2) is 23.5 Å². The average Bonchev–Trinajstić information content (AvgIpc) is 2.92. The third kappa shape index (κ3) is 3.45. The largest absolute Gasteiger partial charge is 0.466 e. The molecule has 2 heterocycles. The number of anilines is 1. The summed E-state index contributed by atoms with van der Waals surface area (Å²) >= 11 is 1.32. The topological polar surface area (TPSA) is 81.4 Å². The van der Waals surface area contributed by atoms with Gasteiger partial charge in [-0.2, -0.15) is 0 Å². The maximum absolute atomic E-state index is 11.8. The number of furan rings is 1. The molecular weight excluding hydrogens is 280 g/mol. The number of aryl methyl sites for hydroxylation is 3. The van der Waals surface area contributed by atoms with Crippen molar-refractivity contribution in [1.82, 2.24) is 4.98 Å². The Bertz CT molecular complexity index is 645. The Morgan fingerprint density at radius 1 is 1.40 bits per heavy atom. The Hall–Kier alpha value is -2.15. The molecule has 0 aliphatic carbocycles. The predicted molar refractivity (Wildman–Crippen MR) is 73.9 cm³/mol. The van der Waals surface area contributed by atoms with Gasteiger partial charge in [0.15, 0.2) is 11.7 Å². The van der Waals surface area contributed by atoms with Gasteiger partial charge in [0, 0.05) is 5.38 Å². The molecule has 0 atom stereocenters. The smallest absolute Gasteiger partial charge is 0.342 e. The SMILES string of the molecule is Cc1csc(NC(=O)COC(=O)c2cc(C)oc2C)n1. The summed E-state index contributed by atoms with van der Waals surface area (Å²) in [7, 11) is 0. The average molecular weight is 294 g/mol. The van der Waals surface area contributed by atoms with E-state index < -0.39 is 11.9 Å². The number of rotatable bonds is 4. The zero-order valence-corrected chi connectivity index (χ0v) is 12.2. The van der Waals surface area contributed by atoms with E-state index in [0.29, 0.717) is 22.2 Å². The second-order valence-corrected chi connectivity index (χ2v) is 5.10. The molecule has 0 aliphatic heterocycles. The van der Waals surface area contributed by atoms with Crippen LogP contribution in [0.15, 0.2) is 15.9 Å². The number of ether oxygens (including phenoxy) is 1. The number of hydrogen-bond acceptors (Lipinski definition) is 6. The highest BCUT2D eigenvalue weighted by Crippen LogP contribution is 2.16. The van der Waals surface area contributed by atoms with Crippen LogP contribution in [0.5, 0.6) is 0 Å². The lowest BCUT2D eigenvalue weighted by Crippen LogP contribution is -2.20. The van der Waals surface area contributed by atoms with Gasteiger partial charge in [0.25, 0.3) is 5.91 Å². The van der Waals surface area contributed by atoms with E-state index >= 15 is 0 Å². The second kappa shape index (κ2) is 5.87. The summed E-state index contributed by atoms with van der Waals surface area (Å²) in [5.74, 6) is 0.0935. The van der Waals surface area contributed by atoms with Gasteiger partial charge >= 0.3 is 5.97 Å². The van der Waals surface area contributed by atoms with Gasteiger partial charge in [-0.15, -0.1) is 11.3 Å². The lowest BCUT2D eigenvalue weighted by molar-refractivity contribution is -0.119. The molecule has 2 rings (SSSR count). The molecule has 0 radical (unpaired) electrons. The Labute approximate surface area is 119 Å². The number of hydrogen-bond donors (Lipinski definition) is 1. The first-order valence-electron chi connectivity index (χ1n) is 5.92. The lowest BCUT2D eigenvalue weighted by Gasteiger charge is -2.03. The van der Waals surface area contributed by atoms with Crippen LogP contribution >= 0.6 is 11.3 Å². The Morgan fingerprint density at radius 3 is 2.70 bits per heavy atom. The third-order valence-electron chi connectivity index (χ3n) is 2.46. The Morgan fingerprint density at radius 2 is 2.15 bits per heavy atom. The van der Waals surface area contributed by atoms with Gasteiger partial charge in [-0.3, -0.25) is 10.1 Å². The molecule has 0 aliphatic rings. The van der Waals surface area contributed by atoms with Crippen molar-refractivity contribution >= 4 is 28.3 Å². The van der Waals surface area contributed by atoms with Crippen molar-refractivity contribution in [3.05, 3.63) is 34.2 Å². The summed E-state index contributed by atoms with van der Waals surface area (Å²) in [4.78, 5) is 27.5. The van der Waals surface area contributed by atoms with Crippen LogP contribution < -0.4 is 5.32 Å². The molecule has 20 heavy (non-hydrogen) atoms. The number of nitrogens with one attached hydrogen (secondary N) is 1. The summed E-state index contributed by atoms with van der Waals surface area (Å²) in [5.41, 5.74) is 1.16. The van der Waals surface area contributed by atoms with Gasteiger partial charge < -0.3 is 9.15 Å². The van der Waals surface area contributed by atoms with Crippen molar-refractivity contribution < 1.29 is 18.7 Å². The molecule has 1 amide bonds. The molecule has 0 fully saturated rings. The van der Waals surface area contributed by atoms with E-state index in [0.717, 1.165) is 5.69 Å². The monoisotopic (exact) mass is 294 g/mol. The van der Waals surface area contributed by atoms with Crippen molar-refractivity contribution in [3.8, 4) is 0 Å². The molecular formula is C13H14N2O4S. The maximum atomic E-state index is 11.8. The van der Waals surface area contributed by atoms with Crippen molar-refractivity contribution in [2.45, 2.75) is 20.8 Å². The zero-order chi connectivity index (χ0) is 14.7. The van der Waals surface area contributed by atoms with E-state index in [4.69, 9.17) is 9.15 Å². The minimum Gasteiger partial charge on any atom is -0.466 e. The van der Waals surface area contributed by atoms with Crippen LogP contribution in [0.4, 0.5) is 5.13 Å². The minimum absolute atomic E-state index is 0.334. The summed E-state index contributed by atoms with van der Waals surface area (Å²) in [6.45, 7) is 4.88. The number of carbonyl (C=O) groups is 2. The summed E-state index contributed by atoms with van der Waals surface area (Å²) in [6.07, 6.45) is 0. The number of thiazole rings is 1. The molecule has 1 N–H and O–H groups in total. The highest BCUT2D eigenvalue weighted by Gasteiger charge is 2.16.